The zero-order chi connectivity index (χ0) is 21.8. The monoisotopic (exact) mass is 481 g/mol. The van der Waals surface area contributed by atoms with Gasteiger partial charge < -0.3 is 10.1 Å². The second kappa shape index (κ2) is 11.0. The van der Waals surface area contributed by atoms with Gasteiger partial charge in [0.1, 0.15) is 11.6 Å². The van der Waals surface area contributed by atoms with Crippen LogP contribution >= 0.6 is 12.4 Å². The van der Waals surface area contributed by atoms with Gasteiger partial charge in [-0.1, -0.05) is 18.2 Å². The predicted octanol–water partition coefficient (Wildman–Crippen LogP) is 4.70. The van der Waals surface area contributed by atoms with Crippen molar-refractivity contribution >= 4 is 22.2 Å². The fraction of sp³-hybridized carbons (Fsp3) is 0.520. The molecule has 176 valence electrons. The molecule has 2 unspecified atom stereocenters. The topological polar surface area (TPSA) is 55.4 Å². The Balaban J connectivity index is 0.00000289. The van der Waals surface area contributed by atoms with E-state index in [-0.39, 0.29) is 29.9 Å². The largest absolute Gasteiger partial charge is 0.494 e. The average Bonchev–Trinajstić information content (AvgIpc) is 3.55. The van der Waals surface area contributed by atoms with Crippen LogP contribution in [-0.4, -0.2) is 39.6 Å². The maximum absolute atomic E-state index is 13.7. The van der Waals surface area contributed by atoms with Crippen molar-refractivity contribution in [3.05, 3.63) is 65.0 Å². The zero-order valence-corrected chi connectivity index (χ0v) is 20.2. The minimum Gasteiger partial charge on any atom is -0.494 e. The van der Waals surface area contributed by atoms with E-state index in [9.17, 15) is 12.8 Å². The number of hydrogen-bond acceptors (Lipinski definition) is 4. The number of halogens is 2. The lowest BCUT2D eigenvalue weighted by Crippen LogP contribution is -2.37. The van der Waals surface area contributed by atoms with Gasteiger partial charge in [-0.2, -0.15) is 0 Å². The molecule has 0 aliphatic heterocycles. The molecule has 2 aromatic rings. The normalized spacial score (nSPS) is 20.3. The van der Waals surface area contributed by atoms with Crippen LogP contribution < -0.4 is 10.1 Å². The number of benzene rings is 2. The van der Waals surface area contributed by atoms with E-state index in [1.165, 1.54) is 17.2 Å². The molecule has 7 heteroatoms. The van der Waals surface area contributed by atoms with E-state index in [0.29, 0.717) is 30.7 Å². The molecule has 4 rings (SSSR count). The van der Waals surface area contributed by atoms with Crippen LogP contribution in [0.15, 0.2) is 42.5 Å². The van der Waals surface area contributed by atoms with Crippen LogP contribution in [0.3, 0.4) is 0 Å². The summed E-state index contributed by atoms with van der Waals surface area (Å²) in [5.74, 6) is 1.72. The first-order valence-corrected chi connectivity index (χ1v) is 13.1. The van der Waals surface area contributed by atoms with Crippen LogP contribution in [0, 0.1) is 11.7 Å². The number of fused-ring (bicyclic) bond motifs is 1. The first-order chi connectivity index (χ1) is 14.9. The Kier molecular flexibility index (Phi) is 8.59. The maximum atomic E-state index is 13.7. The highest BCUT2D eigenvalue weighted by Crippen LogP contribution is 2.36. The molecule has 2 aliphatic carbocycles. The summed E-state index contributed by atoms with van der Waals surface area (Å²) in [7, 11) is -0.981. The number of nitrogens with one attached hydrogen (secondary N) is 1. The fourth-order valence-electron chi connectivity index (χ4n) is 4.68. The van der Waals surface area contributed by atoms with E-state index in [1.807, 2.05) is 19.2 Å². The van der Waals surface area contributed by atoms with Crippen LogP contribution in [0.2, 0.25) is 0 Å². The lowest BCUT2D eigenvalue weighted by atomic mass is 9.76. The van der Waals surface area contributed by atoms with Gasteiger partial charge in [-0.25, -0.2) is 12.8 Å². The molecule has 1 fully saturated rings. The fourth-order valence-corrected chi connectivity index (χ4v) is 6.45. The molecule has 0 heterocycles. The smallest absolute Gasteiger partial charge is 0.150 e. The van der Waals surface area contributed by atoms with Crippen molar-refractivity contribution in [2.75, 3.05) is 25.2 Å². The van der Waals surface area contributed by atoms with Gasteiger partial charge in [0.15, 0.2) is 9.84 Å². The molecule has 0 spiro atoms. The van der Waals surface area contributed by atoms with Crippen LogP contribution in [0.5, 0.6) is 5.75 Å². The Morgan fingerprint density at radius 2 is 1.94 bits per heavy atom. The third-order valence-corrected chi connectivity index (χ3v) is 8.39. The van der Waals surface area contributed by atoms with Gasteiger partial charge in [-0.3, -0.25) is 0 Å². The maximum Gasteiger partial charge on any atom is 0.150 e. The van der Waals surface area contributed by atoms with Gasteiger partial charge in [0.25, 0.3) is 0 Å². The van der Waals surface area contributed by atoms with E-state index >= 15 is 0 Å². The summed E-state index contributed by atoms with van der Waals surface area (Å²) in [6.45, 7) is 0.396. The Labute approximate surface area is 197 Å². The Morgan fingerprint density at radius 1 is 1.12 bits per heavy atom. The molecule has 0 aromatic heterocycles. The minimum absolute atomic E-state index is 0. The van der Waals surface area contributed by atoms with Crippen LogP contribution in [0.4, 0.5) is 4.39 Å². The Morgan fingerprint density at radius 3 is 2.66 bits per heavy atom. The van der Waals surface area contributed by atoms with E-state index in [1.54, 1.807) is 12.1 Å². The van der Waals surface area contributed by atoms with Crippen molar-refractivity contribution in [2.45, 2.75) is 50.5 Å². The van der Waals surface area contributed by atoms with Gasteiger partial charge in [0.05, 0.1) is 18.1 Å². The molecule has 0 radical (unpaired) electrons. The van der Waals surface area contributed by atoms with Gasteiger partial charge in [-0.05, 0) is 92.4 Å². The summed E-state index contributed by atoms with van der Waals surface area (Å²) in [6, 6.07) is 13.4. The molecule has 4 nitrogen and oxygen atoms in total. The van der Waals surface area contributed by atoms with Gasteiger partial charge in [-0.15, -0.1) is 12.4 Å². The molecule has 1 saturated carbocycles. The number of hydrogen-bond donors (Lipinski definition) is 1. The molecule has 0 saturated heterocycles. The molecule has 1 N–H and O–H groups in total. The summed E-state index contributed by atoms with van der Waals surface area (Å²) in [5.41, 5.74) is 3.55. The number of aryl methyl sites for hydroxylation is 1. The summed E-state index contributed by atoms with van der Waals surface area (Å²) in [6.07, 6.45) is 5.42. The lowest BCUT2D eigenvalue weighted by molar-refractivity contribution is 0.315. The molecular formula is C25H33ClFNO3S. The standard InChI is InChI=1S/C25H32FNO3S.ClH/c1-27-25-11-9-20-8-10-22(30-12-3-13-31(28,29)17-18-6-7-18)16-23(20)24(25)15-19-4-2-5-21(26)14-19;/h2,4-5,8,10,14,16,18,24-25,27H,3,6-7,9,11-13,15,17H2,1H3;1H. The van der Waals surface area contributed by atoms with Crippen molar-refractivity contribution in [1.29, 1.82) is 0 Å². The first-order valence-electron chi connectivity index (χ1n) is 11.3. The number of sulfone groups is 1. The van der Waals surface area contributed by atoms with Crippen LogP contribution in [0.25, 0.3) is 0 Å². The van der Waals surface area contributed by atoms with Gasteiger partial charge >= 0.3 is 0 Å². The SMILES string of the molecule is CNC1CCc2ccc(OCCCS(=O)(=O)CC3CC3)cc2C1Cc1cccc(F)c1.Cl. The lowest BCUT2D eigenvalue weighted by Gasteiger charge is -2.34. The molecule has 2 aromatic carbocycles. The summed E-state index contributed by atoms with van der Waals surface area (Å²) < 4.78 is 43.9. The number of rotatable bonds is 10. The second-order valence-corrected chi connectivity index (χ2v) is 11.2. The third kappa shape index (κ3) is 6.69. The molecular weight excluding hydrogens is 449 g/mol. The van der Waals surface area contributed by atoms with Crippen LogP contribution in [-0.2, 0) is 22.7 Å². The number of ether oxygens (including phenoxy) is 1. The molecule has 2 atom stereocenters. The van der Waals surface area contributed by atoms with Crippen LogP contribution in [0.1, 0.15) is 48.3 Å². The quantitative estimate of drug-likeness (QED) is 0.500. The predicted molar refractivity (Wildman–Crippen MR) is 129 cm³/mol. The molecule has 32 heavy (non-hydrogen) atoms. The highest BCUT2D eigenvalue weighted by Gasteiger charge is 2.30. The van der Waals surface area contributed by atoms with E-state index in [0.717, 1.165) is 43.4 Å². The van der Waals surface area contributed by atoms with Crippen molar-refractivity contribution in [1.82, 2.24) is 5.32 Å². The van der Waals surface area contributed by atoms with Crippen molar-refractivity contribution in [3.8, 4) is 5.75 Å². The average molecular weight is 482 g/mol. The first kappa shape index (κ1) is 25.0. The molecule has 0 amide bonds. The summed E-state index contributed by atoms with van der Waals surface area (Å²) >= 11 is 0. The summed E-state index contributed by atoms with van der Waals surface area (Å²) in [4.78, 5) is 0. The second-order valence-electron chi connectivity index (χ2n) is 8.99. The van der Waals surface area contributed by atoms with E-state index in [4.69, 9.17) is 4.74 Å². The van der Waals surface area contributed by atoms with Gasteiger partial charge in [0.2, 0.25) is 0 Å². The third-order valence-electron chi connectivity index (χ3n) is 6.50. The van der Waals surface area contributed by atoms with Crippen molar-refractivity contribution in [3.63, 3.8) is 0 Å². The zero-order valence-electron chi connectivity index (χ0n) is 18.6. The highest BCUT2D eigenvalue weighted by atomic mass is 35.5. The Bertz CT molecular complexity index is 1010. The minimum atomic E-state index is -2.96. The van der Waals surface area contributed by atoms with Crippen molar-refractivity contribution < 1.29 is 17.5 Å². The van der Waals surface area contributed by atoms with E-state index in [2.05, 4.69) is 17.4 Å². The number of likely N-dealkylation sites (N-methyl/N-ethyl adjacent to an activating group) is 1. The Hall–Kier alpha value is -1.63. The van der Waals surface area contributed by atoms with E-state index < -0.39 is 9.84 Å². The summed E-state index contributed by atoms with van der Waals surface area (Å²) in [5, 5.41) is 3.44. The molecule has 2 aliphatic rings. The molecule has 0 bridgehead atoms. The highest BCUT2D eigenvalue weighted by molar-refractivity contribution is 7.91. The van der Waals surface area contributed by atoms with Gasteiger partial charge in [0, 0.05) is 12.0 Å². The van der Waals surface area contributed by atoms with Crippen molar-refractivity contribution in [2.24, 2.45) is 5.92 Å².